The number of nitrogens with zero attached hydrogens (tertiary/aromatic N) is 3. The van der Waals surface area contributed by atoms with Crippen molar-refractivity contribution in [2.45, 2.75) is 31.3 Å². The average molecular weight is 359 g/mol. The van der Waals surface area contributed by atoms with Gasteiger partial charge >= 0.3 is 6.09 Å². The number of amides is 1. The number of aryl methyl sites for hydroxylation is 1. The van der Waals surface area contributed by atoms with Crippen molar-refractivity contribution in [3.8, 4) is 0 Å². The van der Waals surface area contributed by atoms with Crippen LogP contribution in [0.2, 0.25) is 0 Å². The molecule has 3 heterocycles. The standard InChI is InChI=1S/C18H25N5O3/c1-22-16-5-4-12(19-14-6-8-26-11-14)9-15(16)21-17(22)23-7-2-3-13(10-23)20-18(24)25/h4-5,9,13-14,19-20H,2-3,6-8,10-11H2,1H3,(H,24,25)/t13-,14?/m1/s1. The molecule has 1 unspecified atom stereocenters. The summed E-state index contributed by atoms with van der Waals surface area (Å²) in [6.45, 7) is 3.10. The summed E-state index contributed by atoms with van der Waals surface area (Å²) in [5, 5.41) is 15.1. The predicted octanol–water partition coefficient (Wildman–Crippen LogP) is 2.01. The maximum absolute atomic E-state index is 10.9. The van der Waals surface area contributed by atoms with Gasteiger partial charge in [0, 0.05) is 38.5 Å². The number of imidazole rings is 1. The third kappa shape index (κ3) is 3.41. The molecule has 0 saturated carbocycles. The van der Waals surface area contributed by atoms with Crippen LogP contribution in [0, 0.1) is 0 Å². The van der Waals surface area contributed by atoms with Gasteiger partial charge in [0.2, 0.25) is 5.95 Å². The number of ether oxygens (including phenoxy) is 1. The Morgan fingerprint density at radius 1 is 1.35 bits per heavy atom. The number of carboxylic acid groups (broad SMARTS) is 1. The van der Waals surface area contributed by atoms with Crippen molar-refractivity contribution in [3.63, 3.8) is 0 Å². The van der Waals surface area contributed by atoms with Crippen LogP contribution >= 0.6 is 0 Å². The average Bonchev–Trinajstić information content (AvgIpc) is 3.23. The zero-order valence-electron chi connectivity index (χ0n) is 14.9. The first-order valence-electron chi connectivity index (χ1n) is 9.15. The number of nitrogens with one attached hydrogen (secondary N) is 2. The fourth-order valence-electron chi connectivity index (χ4n) is 3.90. The van der Waals surface area contributed by atoms with E-state index in [1.54, 1.807) is 0 Å². The first-order valence-corrected chi connectivity index (χ1v) is 9.15. The maximum atomic E-state index is 10.9. The lowest BCUT2D eigenvalue weighted by Gasteiger charge is -2.33. The van der Waals surface area contributed by atoms with Crippen molar-refractivity contribution in [2.24, 2.45) is 7.05 Å². The Balaban J connectivity index is 1.55. The number of aromatic nitrogens is 2. The molecule has 1 aromatic heterocycles. The van der Waals surface area contributed by atoms with Gasteiger partial charge in [-0.25, -0.2) is 9.78 Å². The van der Waals surface area contributed by atoms with Crippen molar-refractivity contribution in [3.05, 3.63) is 18.2 Å². The predicted molar refractivity (Wildman–Crippen MR) is 100.0 cm³/mol. The molecule has 4 rings (SSSR count). The van der Waals surface area contributed by atoms with Crippen LogP contribution in [0.1, 0.15) is 19.3 Å². The van der Waals surface area contributed by atoms with Crippen LogP contribution in [0.3, 0.4) is 0 Å². The molecular formula is C18H25N5O3. The largest absolute Gasteiger partial charge is 0.465 e. The molecule has 140 valence electrons. The van der Waals surface area contributed by atoms with E-state index >= 15 is 0 Å². The fraction of sp³-hybridized carbons (Fsp3) is 0.556. The van der Waals surface area contributed by atoms with E-state index in [-0.39, 0.29) is 6.04 Å². The minimum atomic E-state index is -0.964. The third-order valence-corrected chi connectivity index (χ3v) is 5.19. The summed E-state index contributed by atoms with van der Waals surface area (Å²) in [5.41, 5.74) is 3.07. The summed E-state index contributed by atoms with van der Waals surface area (Å²) in [6.07, 6.45) is 1.87. The lowest BCUT2D eigenvalue weighted by atomic mass is 10.1. The number of rotatable bonds is 4. The zero-order valence-corrected chi connectivity index (χ0v) is 14.9. The van der Waals surface area contributed by atoms with E-state index in [1.807, 2.05) is 7.05 Å². The molecule has 0 spiro atoms. The number of piperidine rings is 1. The second kappa shape index (κ2) is 7.03. The molecule has 1 amide bonds. The van der Waals surface area contributed by atoms with E-state index in [0.717, 1.165) is 61.7 Å². The number of anilines is 2. The SMILES string of the molecule is Cn1c(N2CCC[C@@H](NC(=O)O)C2)nc2cc(NC3CCOC3)ccc21. The quantitative estimate of drug-likeness (QED) is 0.773. The van der Waals surface area contributed by atoms with E-state index in [2.05, 4.69) is 38.3 Å². The monoisotopic (exact) mass is 359 g/mol. The van der Waals surface area contributed by atoms with Gasteiger partial charge in [-0.05, 0) is 37.5 Å². The maximum Gasteiger partial charge on any atom is 0.404 e. The second-order valence-electron chi connectivity index (χ2n) is 7.11. The second-order valence-corrected chi connectivity index (χ2v) is 7.11. The van der Waals surface area contributed by atoms with E-state index in [4.69, 9.17) is 14.8 Å². The van der Waals surface area contributed by atoms with Crippen molar-refractivity contribution in [1.29, 1.82) is 0 Å². The molecule has 2 aliphatic rings. The van der Waals surface area contributed by atoms with Crippen LogP contribution in [-0.4, -0.2) is 59.1 Å². The lowest BCUT2D eigenvalue weighted by Crippen LogP contribution is -2.48. The first kappa shape index (κ1) is 17.0. The summed E-state index contributed by atoms with van der Waals surface area (Å²) in [4.78, 5) is 17.9. The molecule has 8 heteroatoms. The smallest absolute Gasteiger partial charge is 0.404 e. The van der Waals surface area contributed by atoms with Gasteiger partial charge in [0.1, 0.15) is 0 Å². The Morgan fingerprint density at radius 2 is 2.23 bits per heavy atom. The van der Waals surface area contributed by atoms with Crippen molar-refractivity contribution >= 4 is 28.8 Å². The Bertz CT molecular complexity index is 799. The van der Waals surface area contributed by atoms with Crippen molar-refractivity contribution in [2.75, 3.05) is 36.5 Å². The van der Waals surface area contributed by atoms with Gasteiger partial charge in [0.25, 0.3) is 0 Å². The van der Waals surface area contributed by atoms with Crippen LogP contribution in [0.15, 0.2) is 18.2 Å². The summed E-state index contributed by atoms with van der Waals surface area (Å²) in [6, 6.07) is 6.55. The Labute approximate surface area is 152 Å². The number of hydrogen-bond acceptors (Lipinski definition) is 5. The molecule has 1 aromatic carbocycles. The Morgan fingerprint density at radius 3 is 3.00 bits per heavy atom. The lowest BCUT2D eigenvalue weighted by molar-refractivity contribution is 0.188. The van der Waals surface area contributed by atoms with E-state index < -0.39 is 6.09 Å². The van der Waals surface area contributed by atoms with Gasteiger partial charge in [0.05, 0.1) is 23.7 Å². The molecular weight excluding hydrogens is 334 g/mol. The van der Waals surface area contributed by atoms with Gasteiger partial charge < -0.3 is 29.9 Å². The minimum Gasteiger partial charge on any atom is -0.465 e. The van der Waals surface area contributed by atoms with Gasteiger partial charge in [-0.1, -0.05) is 0 Å². The summed E-state index contributed by atoms with van der Waals surface area (Å²) in [5.74, 6) is 0.887. The molecule has 2 aliphatic heterocycles. The van der Waals surface area contributed by atoms with Gasteiger partial charge in [0.15, 0.2) is 0 Å². The number of fused-ring (bicyclic) bond motifs is 1. The van der Waals surface area contributed by atoms with Crippen molar-refractivity contribution < 1.29 is 14.6 Å². The Kier molecular flexibility index (Phi) is 4.58. The van der Waals surface area contributed by atoms with Crippen LogP contribution in [0.4, 0.5) is 16.4 Å². The van der Waals surface area contributed by atoms with Crippen LogP contribution in [0.25, 0.3) is 11.0 Å². The molecule has 3 N–H and O–H groups in total. The highest BCUT2D eigenvalue weighted by Crippen LogP contribution is 2.27. The van der Waals surface area contributed by atoms with Crippen LogP contribution in [0.5, 0.6) is 0 Å². The first-order chi connectivity index (χ1) is 12.6. The molecule has 2 atom stereocenters. The van der Waals surface area contributed by atoms with E-state index in [1.165, 1.54) is 0 Å². The van der Waals surface area contributed by atoms with Gasteiger partial charge in [-0.3, -0.25) is 0 Å². The Hall–Kier alpha value is -2.48. The third-order valence-electron chi connectivity index (χ3n) is 5.19. The molecule has 26 heavy (non-hydrogen) atoms. The highest BCUT2D eigenvalue weighted by molar-refractivity contribution is 5.82. The van der Waals surface area contributed by atoms with E-state index in [9.17, 15) is 4.79 Å². The summed E-state index contributed by atoms with van der Waals surface area (Å²) >= 11 is 0. The number of carbonyl (C=O) groups is 1. The molecule has 0 aliphatic carbocycles. The molecule has 0 radical (unpaired) electrons. The van der Waals surface area contributed by atoms with Gasteiger partial charge in [-0.15, -0.1) is 0 Å². The summed E-state index contributed by atoms with van der Waals surface area (Å²) in [7, 11) is 2.01. The highest BCUT2D eigenvalue weighted by Gasteiger charge is 2.25. The molecule has 2 saturated heterocycles. The zero-order chi connectivity index (χ0) is 18.1. The topological polar surface area (TPSA) is 91.7 Å². The highest BCUT2D eigenvalue weighted by atomic mass is 16.5. The molecule has 2 aromatic rings. The normalized spacial score (nSPS) is 23.3. The van der Waals surface area contributed by atoms with Crippen molar-refractivity contribution in [1.82, 2.24) is 14.9 Å². The fourth-order valence-corrected chi connectivity index (χ4v) is 3.90. The summed E-state index contributed by atoms with van der Waals surface area (Å²) < 4.78 is 7.50. The number of hydrogen-bond donors (Lipinski definition) is 3. The van der Waals surface area contributed by atoms with Crippen LogP contribution in [-0.2, 0) is 11.8 Å². The van der Waals surface area contributed by atoms with Crippen LogP contribution < -0.4 is 15.5 Å². The van der Waals surface area contributed by atoms with Gasteiger partial charge in [-0.2, -0.15) is 0 Å². The minimum absolute atomic E-state index is 0.0549. The molecule has 0 bridgehead atoms. The molecule has 8 nitrogen and oxygen atoms in total. The molecule has 2 fully saturated rings. The van der Waals surface area contributed by atoms with E-state index in [0.29, 0.717) is 12.6 Å². The number of benzene rings is 1.